The second kappa shape index (κ2) is 7.88. The molecule has 0 unspecified atom stereocenters. The Morgan fingerprint density at radius 1 is 1.15 bits per heavy atom. The number of carboxylic acids is 1. The Labute approximate surface area is 188 Å². The summed E-state index contributed by atoms with van der Waals surface area (Å²) >= 11 is 0. The van der Waals surface area contributed by atoms with Crippen LogP contribution in [0.15, 0.2) is 67.0 Å². The van der Waals surface area contributed by atoms with Crippen molar-refractivity contribution < 1.29 is 19.0 Å². The fourth-order valence-corrected chi connectivity index (χ4v) is 3.83. The molecule has 1 aliphatic carbocycles. The number of pyridine rings is 2. The van der Waals surface area contributed by atoms with E-state index in [1.165, 1.54) is 24.4 Å². The first kappa shape index (κ1) is 20.4. The number of hydrogen-bond acceptors (Lipinski definition) is 6. The summed E-state index contributed by atoms with van der Waals surface area (Å²) in [5.74, 6) is -0.479. The lowest BCUT2D eigenvalue weighted by atomic mass is 10.0. The minimum Gasteiger partial charge on any atom is -0.478 e. The van der Waals surface area contributed by atoms with Crippen LogP contribution in [0.5, 0.6) is 11.6 Å². The normalized spacial score (nSPS) is 13.8. The van der Waals surface area contributed by atoms with Crippen LogP contribution in [0.3, 0.4) is 0 Å². The summed E-state index contributed by atoms with van der Waals surface area (Å²) in [6.45, 7) is 0. The first-order chi connectivity index (χ1) is 16.0. The number of nitrogens with one attached hydrogen (secondary N) is 1. The average Bonchev–Trinajstić information content (AvgIpc) is 3.60. The SMILES string of the molecule is N#Cc1cnc(Oc2cccc(F)c2)c2c(NC3(c4ccc(C(=O)O)cc4)CC3)nccc12. The number of benzene rings is 2. The van der Waals surface area contributed by atoms with Crippen molar-refractivity contribution in [2.45, 2.75) is 18.4 Å². The van der Waals surface area contributed by atoms with Gasteiger partial charge in [-0.1, -0.05) is 18.2 Å². The molecule has 0 amide bonds. The van der Waals surface area contributed by atoms with Gasteiger partial charge in [-0.3, -0.25) is 0 Å². The Balaban J connectivity index is 1.58. The van der Waals surface area contributed by atoms with Gasteiger partial charge >= 0.3 is 5.97 Å². The van der Waals surface area contributed by atoms with E-state index in [0.717, 1.165) is 18.4 Å². The maximum atomic E-state index is 13.7. The minimum atomic E-state index is -0.982. The molecule has 2 aromatic heterocycles. The lowest BCUT2D eigenvalue weighted by Crippen LogP contribution is -2.20. The van der Waals surface area contributed by atoms with Crippen LogP contribution in [-0.2, 0) is 5.54 Å². The first-order valence-corrected chi connectivity index (χ1v) is 10.2. The summed E-state index contributed by atoms with van der Waals surface area (Å²) in [5, 5.41) is 23.3. The number of fused-ring (bicyclic) bond motifs is 1. The molecule has 2 aromatic carbocycles. The predicted octanol–water partition coefficient (Wildman–Crippen LogP) is 5.23. The highest BCUT2D eigenvalue weighted by Crippen LogP contribution is 2.49. The molecule has 1 fully saturated rings. The Hall–Kier alpha value is -4.51. The maximum Gasteiger partial charge on any atom is 0.335 e. The monoisotopic (exact) mass is 440 g/mol. The Bertz CT molecular complexity index is 1430. The summed E-state index contributed by atoms with van der Waals surface area (Å²) in [6, 6.07) is 16.3. The van der Waals surface area contributed by atoms with E-state index in [0.29, 0.717) is 22.2 Å². The third-order valence-electron chi connectivity index (χ3n) is 5.69. The van der Waals surface area contributed by atoms with Gasteiger partial charge in [0.2, 0.25) is 5.88 Å². The van der Waals surface area contributed by atoms with Gasteiger partial charge in [-0.25, -0.2) is 19.2 Å². The van der Waals surface area contributed by atoms with Crippen molar-refractivity contribution in [1.82, 2.24) is 9.97 Å². The minimum absolute atomic E-state index is 0.197. The highest BCUT2D eigenvalue weighted by atomic mass is 19.1. The third kappa shape index (κ3) is 3.81. The Morgan fingerprint density at radius 3 is 2.61 bits per heavy atom. The fourth-order valence-electron chi connectivity index (χ4n) is 3.83. The number of aromatic nitrogens is 2. The topological polar surface area (TPSA) is 108 Å². The largest absolute Gasteiger partial charge is 0.478 e. The highest BCUT2D eigenvalue weighted by Gasteiger charge is 2.45. The summed E-state index contributed by atoms with van der Waals surface area (Å²) in [7, 11) is 0. The van der Waals surface area contributed by atoms with E-state index in [4.69, 9.17) is 9.84 Å². The van der Waals surface area contributed by atoms with Crippen molar-refractivity contribution in [3.8, 4) is 17.7 Å². The molecule has 2 N–H and O–H groups in total. The molecular formula is C25H17FN4O3. The van der Waals surface area contributed by atoms with E-state index in [2.05, 4.69) is 21.4 Å². The van der Waals surface area contributed by atoms with Crippen molar-refractivity contribution in [2.75, 3.05) is 5.32 Å². The number of ether oxygens (including phenoxy) is 1. The number of halogens is 1. The van der Waals surface area contributed by atoms with Crippen LogP contribution in [0.1, 0.15) is 34.3 Å². The molecule has 1 aliphatic rings. The molecule has 1 saturated carbocycles. The number of carboxylic acid groups (broad SMARTS) is 1. The van der Waals surface area contributed by atoms with Crippen LogP contribution in [0.4, 0.5) is 10.2 Å². The molecule has 33 heavy (non-hydrogen) atoms. The molecule has 162 valence electrons. The third-order valence-corrected chi connectivity index (χ3v) is 5.69. The lowest BCUT2D eigenvalue weighted by Gasteiger charge is -2.21. The van der Waals surface area contributed by atoms with Gasteiger partial charge in [0.05, 0.1) is 22.1 Å². The Morgan fingerprint density at radius 2 is 1.94 bits per heavy atom. The number of nitrogens with zero attached hydrogens (tertiary/aromatic N) is 3. The number of hydrogen-bond donors (Lipinski definition) is 2. The van der Waals surface area contributed by atoms with Crippen molar-refractivity contribution >= 4 is 22.6 Å². The fraction of sp³-hybridized carbons (Fsp3) is 0.120. The van der Waals surface area contributed by atoms with Crippen LogP contribution in [0.2, 0.25) is 0 Å². The molecule has 0 radical (unpaired) electrons. The molecule has 2 heterocycles. The van der Waals surface area contributed by atoms with E-state index in [1.807, 2.05) is 0 Å². The number of anilines is 1. The van der Waals surface area contributed by atoms with Crippen molar-refractivity contribution in [3.63, 3.8) is 0 Å². The molecule has 0 spiro atoms. The van der Waals surface area contributed by atoms with Gasteiger partial charge in [0.1, 0.15) is 23.5 Å². The molecular weight excluding hydrogens is 423 g/mol. The average molecular weight is 440 g/mol. The van der Waals surface area contributed by atoms with Crippen LogP contribution in [-0.4, -0.2) is 21.0 Å². The molecule has 0 aliphatic heterocycles. The molecule has 7 nitrogen and oxygen atoms in total. The van der Waals surface area contributed by atoms with Crippen molar-refractivity contribution in [1.29, 1.82) is 5.26 Å². The number of aromatic carboxylic acids is 1. The summed E-state index contributed by atoms with van der Waals surface area (Å²) < 4.78 is 19.6. The van der Waals surface area contributed by atoms with Crippen molar-refractivity contribution in [2.24, 2.45) is 0 Å². The summed E-state index contributed by atoms with van der Waals surface area (Å²) in [4.78, 5) is 20.0. The zero-order valence-electron chi connectivity index (χ0n) is 17.2. The van der Waals surface area contributed by atoms with Crippen LogP contribution in [0.25, 0.3) is 10.8 Å². The smallest absolute Gasteiger partial charge is 0.335 e. The van der Waals surface area contributed by atoms with Gasteiger partial charge in [-0.15, -0.1) is 0 Å². The van der Waals surface area contributed by atoms with Gasteiger partial charge in [0, 0.05) is 23.8 Å². The van der Waals surface area contributed by atoms with E-state index < -0.39 is 17.3 Å². The Kier molecular flexibility index (Phi) is 4.87. The van der Waals surface area contributed by atoms with Gasteiger partial charge in [-0.05, 0) is 48.7 Å². The van der Waals surface area contributed by atoms with Gasteiger partial charge in [0.15, 0.2) is 0 Å². The first-order valence-electron chi connectivity index (χ1n) is 10.2. The number of rotatable bonds is 6. The van der Waals surface area contributed by atoms with Crippen LogP contribution in [0, 0.1) is 17.1 Å². The second-order valence-electron chi connectivity index (χ2n) is 7.82. The van der Waals surface area contributed by atoms with E-state index in [1.54, 1.807) is 42.6 Å². The standard InChI is InChI=1S/C25H17FN4O3/c26-18-2-1-3-19(12-18)33-23-21-20(16(13-27)14-29-23)8-11-28-22(21)30-25(9-10-25)17-6-4-15(5-7-17)24(31)32/h1-8,11-12,14H,9-10H2,(H,28,30)(H,31,32). The van der Waals surface area contributed by atoms with E-state index in [-0.39, 0.29) is 17.2 Å². The molecule has 4 aromatic rings. The zero-order chi connectivity index (χ0) is 23.0. The predicted molar refractivity (Wildman–Crippen MR) is 119 cm³/mol. The van der Waals surface area contributed by atoms with E-state index >= 15 is 0 Å². The number of nitriles is 1. The van der Waals surface area contributed by atoms with Gasteiger partial charge < -0.3 is 15.2 Å². The van der Waals surface area contributed by atoms with Gasteiger partial charge in [-0.2, -0.15) is 5.26 Å². The molecule has 0 saturated heterocycles. The zero-order valence-corrected chi connectivity index (χ0v) is 17.2. The highest BCUT2D eigenvalue weighted by molar-refractivity contribution is 5.99. The van der Waals surface area contributed by atoms with Crippen LogP contribution < -0.4 is 10.1 Å². The summed E-state index contributed by atoms with van der Waals surface area (Å²) in [5.41, 5.74) is 1.09. The molecule has 5 rings (SSSR count). The van der Waals surface area contributed by atoms with Gasteiger partial charge in [0.25, 0.3) is 0 Å². The number of carbonyl (C=O) groups is 1. The molecule has 0 bridgehead atoms. The molecule has 8 heteroatoms. The lowest BCUT2D eigenvalue weighted by molar-refractivity contribution is 0.0697. The van der Waals surface area contributed by atoms with Crippen LogP contribution >= 0.6 is 0 Å². The molecule has 0 atom stereocenters. The summed E-state index contributed by atoms with van der Waals surface area (Å²) in [6.07, 6.45) is 4.66. The van der Waals surface area contributed by atoms with Crippen molar-refractivity contribution in [3.05, 3.63) is 89.5 Å². The maximum absolute atomic E-state index is 13.7. The van der Waals surface area contributed by atoms with E-state index in [9.17, 15) is 14.4 Å². The second-order valence-corrected chi connectivity index (χ2v) is 7.82. The quantitative estimate of drug-likeness (QED) is 0.422.